The van der Waals surface area contributed by atoms with E-state index in [1.54, 1.807) is 17.9 Å². The Labute approximate surface area is 140 Å². The number of β-amino-alcohol motifs (C(OH)–C–C–N with tert-alkyl or cyclic N) is 1. The second-order valence-electron chi connectivity index (χ2n) is 5.98. The van der Waals surface area contributed by atoms with Gasteiger partial charge in [0, 0.05) is 38.8 Å². The lowest BCUT2D eigenvalue weighted by molar-refractivity contribution is 0.0830. The molecule has 0 spiro atoms. The van der Waals surface area contributed by atoms with Crippen LogP contribution in [0.4, 0.5) is 10.7 Å². The molecule has 2 N–H and O–H groups in total. The van der Waals surface area contributed by atoms with E-state index in [2.05, 4.69) is 15.4 Å². The van der Waals surface area contributed by atoms with Crippen molar-refractivity contribution >= 4 is 11.9 Å². The van der Waals surface area contributed by atoms with E-state index in [1.807, 2.05) is 30.3 Å². The van der Waals surface area contributed by atoms with Crippen LogP contribution in [0.25, 0.3) is 0 Å². The third kappa shape index (κ3) is 4.12. The maximum atomic E-state index is 12.2. The van der Waals surface area contributed by atoms with Crippen LogP contribution in [-0.4, -0.2) is 58.8 Å². The average molecular weight is 330 g/mol. The van der Waals surface area contributed by atoms with Gasteiger partial charge in [0.2, 0.25) is 5.88 Å². The van der Waals surface area contributed by atoms with Crippen LogP contribution in [0.1, 0.15) is 17.4 Å². The van der Waals surface area contributed by atoms with E-state index < -0.39 is 6.10 Å². The van der Waals surface area contributed by atoms with Gasteiger partial charge in [-0.3, -0.25) is 10.2 Å². The highest BCUT2D eigenvalue weighted by molar-refractivity contribution is 5.87. The van der Waals surface area contributed by atoms with Crippen molar-refractivity contribution in [3.05, 3.63) is 47.7 Å². The Hall–Kier alpha value is -2.38. The number of carbonyl (C=O) groups is 1. The van der Waals surface area contributed by atoms with E-state index in [1.165, 1.54) is 0 Å². The molecule has 0 saturated carbocycles. The van der Waals surface area contributed by atoms with Crippen molar-refractivity contribution < 1.29 is 14.4 Å². The van der Waals surface area contributed by atoms with Gasteiger partial charge in [0.25, 0.3) is 0 Å². The van der Waals surface area contributed by atoms with Crippen LogP contribution in [0.15, 0.2) is 40.9 Å². The summed E-state index contributed by atoms with van der Waals surface area (Å²) < 4.78 is 5.00. The Bertz CT molecular complexity index is 665. The standard InChI is InChI=1S/C17H22N4O3/c1-13-11-16(24-19-13)18-17(23)21-9-7-20(8-10-21)12-15(22)14-5-3-2-4-6-14/h2-6,11,15,22H,7-10,12H2,1H3,(H,18,23)/t15-/m0/s1. The number of urea groups is 1. The largest absolute Gasteiger partial charge is 0.387 e. The number of aliphatic hydroxyl groups excluding tert-OH is 1. The van der Waals surface area contributed by atoms with Gasteiger partial charge >= 0.3 is 6.03 Å². The molecule has 0 radical (unpaired) electrons. The fourth-order valence-electron chi connectivity index (χ4n) is 2.77. The molecule has 1 aromatic carbocycles. The topological polar surface area (TPSA) is 81.8 Å². The number of rotatable bonds is 4. The SMILES string of the molecule is Cc1cc(NC(=O)N2CCN(C[C@H](O)c3ccccc3)CC2)on1. The Morgan fingerprint density at radius 3 is 2.62 bits per heavy atom. The van der Waals surface area contributed by atoms with Crippen LogP contribution >= 0.6 is 0 Å². The zero-order chi connectivity index (χ0) is 16.9. The van der Waals surface area contributed by atoms with Crippen LogP contribution in [0, 0.1) is 6.92 Å². The number of carbonyl (C=O) groups excluding carboxylic acids is 1. The van der Waals surface area contributed by atoms with Gasteiger partial charge in [0.1, 0.15) is 0 Å². The molecule has 0 aliphatic carbocycles. The summed E-state index contributed by atoms with van der Waals surface area (Å²) in [7, 11) is 0. The number of piperazine rings is 1. The van der Waals surface area contributed by atoms with Gasteiger partial charge in [-0.1, -0.05) is 35.5 Å². The third-order valence-corrected chi connectivity index (χ3v) is 4.13. The fraction of sp³-hybridized carbons (Fsp3) is 0.412. The van der Waals surface area contributed by atoms with Crippen molar-refractivity contribution in [2.24, 2.45) is 0 Å². The molecule has 1 aliphatic rings. The van der Waals surface area contributed by atoms with E-state index in [9.17, 15) is 9.90 Å². The summed E-state index contributed by atoms with van der Waals surface area (Å²) >= 11 is 0. The molecule has 24 heavy (non-hydrogen) atoms. The van der Waals surface area contributed by atoms with Crippen LogP contribution in [0.5, 0.6) is 0 Å². The van der Waals surface area contributed by atoms with Gasteiger partial charge in [-0.15, -0.1) is 0 Å². The molecule has 1 atom stereocenters. The molecule has 1 saturated heterocycles. The molecular weight excluding hydrogens is 308 g/mol. The summed E-state index contributed by atoms with van der Waals surface area (Å²) in [6, 6.07) is 11.1. The second kappa shape index (κ2) is 7.46. The van der Waals surface area contributed by atoms with Gasteiger partial charge in [-0.2, -0.15) is 0 Å². The second-order valence-corrected chi connectivity index (χ2v) is 5.98. The molecule has 3 rings (SSSR count). The molecule has 2 heterocycles. The van der Waals surface area contributed by atoms with Crippen LogP contribution in [0.2, 0.25) is 0 Å². The number of benzene rings is 1. The number of nitrogens with zero attached hydrogens (tertiary/aromatic N) is 3. The van der Waals surface area contributed by atoms with Crippen molar-refractivity contribution in [3.63, 3.8) is 0 Å². The number of hydrogen-bond donors (Lipinski definition) is 2. The number of nitrogens with one attached hydrogen (secondary N) is 1. The van der Waals surface area contributed by atoms with E-state index >= 15 is 0 Å². The van der Waals surface area contributed by atoms with Crippen LogP contribution < -0.4 is 5.32 Å². The molecule has 1 aliphatic heterocycles. The summed E-state index contributed by atoms with van der Waals surface area (Å²) in [5, 5.41) is 16.7. The lowest BCUT2D eigenvalue weighted by atomic mass is 10.1. The van der Waals surface area contributed by atoms with Gasteiger partial charge in [-0.05, 0) is 12.5 Å². The summed E-state index contributed by atoms with van der Waals surface area (Å²) in [5.41, 5.74) is 1.64. The third-order valence-electron chi connectivity index (χ3n) is 4.13. The van der Waals surface area contributed by atoms with E-state index in [0.29, 0.717) is 25.5 Å². The van der Waals surface area contributed by atoms with Gasteiger partial charge in [0.15, 0.2) is 0 Å². The number of anilines is 1. The lowest BCUT2D eigenvalue weighted by Crippen LogP contribution is -2.50. The number of aliphatic hydroxyl groups is 1. The Morgan fingerprint density at radius 2 is 2.00 bits per heavy atom. The molecule has 0 bridgehead atoms. The summed E-state index contributed by atoms with van der Waals surface area (Å²) in [4.78, 5) is 16.1. The zero-order valence-corrected chi connectivity index (χ0v) is 13.7. The summed E-state index contributed by atoms with van der Waals surface area (Å²) in [6.45, 7) is 5.05. The first kappa shape index (κ1) is 16.5. The smallest absolute Gasteiger partial charge is 0.324 e. The van der Waals surface area contributed by atoms with E-state index in [0.717, 1.165) is 24.3 Å². The van der Waals surface area contributed by atoms with Gasteiger partial charge in [0.05, 0.1) is 11.8 Å². The molecule has 1 aromatic heterocycles. The van der Waals surface area contributed by atoms with Gasteiger partial charge in [-0.25, -0.2) is 4.79 Å². The molecule has 0 unspecified atom stereocenters. The van der Waals surface area contributed by atoms with Crippen molar-refractivity contribution in [1.82, 2.24) is 15.0 Å². The van der Waals surface area contributed by atoms with Crippen molar-refractivity contribution in [1.29, 1.82) is 0 Å². The molecule has 2 amide bonds. The highest BCUT2D eigenvalue weighted by Crippen LogP contribution is 2.15. The maximum Gasteiger partial charge on any atom is 0.324 e. The first-order chi connectivity index (χ1) is 11.6. The highest BCUT2D eigenvalue weighted by atomic mass is 16.5. The lowest BCUT2D eigenvalue weighted by Gasteiger charge is -2.35. The predicted octanol–water partition coefficient (Wildman–Crippen LogP) is 1.87. The normalized spacial score (nSPS) is 16.8. The zero-order valence-electron chi connectivity index (χ0n) is 13.7. The minimum atomic E-state index is -0.510. The monoisotopic (exact) mass is 330 g/mol. The number of amides is 2. The first-order valence-corrected chi connectivity index (χ1v) is 8.06. The molecule has 7 nitrogen and oxygen atoms in total. The Morgan fingerprint density at radius 1 is 1.29 bits per heavy atom. The van der Waals surface area contributed by atoms with Crippen molar-refractivity contribution in [2.75, 3.05) is 38.0 Å². The molecule has 2 aromatic rings. The average Bonchev–Trinajstić information content (AvgIpc) is 3.01. The Kier molecular flexibility index (Phi) is 5.12. The van der Waals surface area contributed by atoms with E-state index in [4.69, 9.17) is 4.52 Å². The highest BCUT2D eigenvalue weighted by Gasteiger charge is 2.23. The van der Waals surface area contributed by atoms with Crippen LogP contribution in [-0.2, 0) is 0 Å². The van der Waals surface area contributed by atoms with E-state index in [-0.39, 0.29) is 6.03 Å². The molecule has 1 fully saturated rings. The predicted molar refractivity (Wildman–Crippen MR) is 89.7 cm³/mol. The quantitative estimate of drug-likeness (QED) is 0.894. The maximum absolute atomic E-state index is 12.2. The van der Waals surface area contributed by atoms with Crippen molar-refractivity contribution in [2.45, 2.75) is 13.0 Å². The Balaban J connectivity index is 1.46. The molecule has 7 heteroatoms. The van der Waals surface area contributed by atoms with Crippen LogP contribution in [0.3, 0.4) is 0 Å². The minimum Gasteiger partial charge on any atom is -0.387 e. The molecular formula is C17H22N4O3. The first-order valence-electron chi connectivity index (χ1n) is 8.06. The van der Waals surface area contributed by atoms with Crippen molar-refractivity contribution in [3.8, 4) is 0 Å². The number of aryl methyl sites for hydroxylation is 1. The minimum absolute atomic E-state index is 0.186. The number of aromatic nitrogens is 1. The summed E-state index contributed by atoms with van der Waals surface area (Å²) in [5.74, 6) is 0.361. The summed E-state index contributed by atoms with van der Waals surface area (Å²) in [6.07, 6.45) is -0.510. The van der Waals surface area contributed by atoms with Gasteiger partial charge < -0.3 is 14.5 Å². The molecule has 128 valence electrons. The number of hydrogen-bond acceptors (Lipinski definition) is 5. The fourth-order valence-corrected chi connectivity index (χ4v) is 2.77.